The standard InChI is InChI=1S/C27H25N3O6/c31-24(29-12-14-35-15-13-29)17-36-27(32)25-21-5-1-2-7-23(21)28-26-19(4-3-6-22(25)26)16-18-8-10-20(11-9-18)30(33)34/h1-2,5,7-11,16H,3-4,6,12-15,17H2. The first-order valence-corrected chi connectivity index (χ1v) is 11.9. The maximum atomic E-state index is 13.4. The molecular weight excluding hydrogens is 462 g/mol. The highest BCUT2D eigenvalue weighted by atomic mass is 16.6. The molecular formula is C27H25N3O6. The van der Waals surface area contributed by atoms with Gasteiger partial charge in [-0.25, -0.2) is 9.78 Å². The normalized spacial score (nSPS) is 16.6. The molecule has 1 amide bonds. The van der Waals surface area contributed by atoms with Crippen LogP contribution in [0.5, 0.6) is 0 Å². The fourth-order valence-corrected chi connectivity index (χ4v) is 4.71. The smallest absolute Gasteiger partial charge is 0.339 e. The van der Waals surface area contributed by atoms with Crippen molar-refractivity contribution in [1.82, 2.24) is 9.88 Å². The van der Waals surface area contributed by atoms with Crippen molar-refractivity contribution in [3.63, 3.8) is 0 Å². The molecule has 0 unspecified atom stereocenters. The van der Waals surface area contributed by atoms with E-state index in [4.69, 9.17) is 14.5 Å². The first-order chi connectivity index (χ1) is 17.5. The third-order valence-electron chi connectivity index (χ3n) is 6.51. The van der Waals surface area contributed by atoms with E-state index < -0.39 is 10.9 Å². The van der Waals surface area contributed by atoms with Crippen molar-refractivity contribution in [1.29, 1.82) is 0 Å². The van der Waals surface area contributed by atoms with Crippen molar-refractivity contribution in [3.05, 3.63) is 81.0 Å². The van der Waals surface area contributed by atoms with Crippen LogP contribution in [-0.4, -0.2) is 59.6 Å². The lowest BCUT2D eigenvalue weighted by atomic mass is 9.86. The number of esters is 1. The summed E-state index contributed by atoms with van der Waals surface area (Å²) in [7, 11) is 0. The third-order valence-corrected chi connectivity index (χ3v) is 6.51. The second-order valence-corrected chi connectivity index (χ2v) is 8.77. The minimum absolute atomic E-state index is 0.0296. The van der Waals surface area contributed by atoms with Crippen molar-refractivity contribution < 1.29 is 24.0 Å². The van der Waals surface area contributed by atoms with Crippen LogP contribution < -0.4 is 0 Å². The van der Waals surface area contributed by atoms with Crippen molar-refractivity contribution >= 4 is 40.1 Å². The number of hydrogen-bond donors (Lipinski definition) is 0. The number of nitrogens with zero attached hydrogens (tertiary/aromatic N) is 3. The van der Waals surface area contributed by atoms with E-state index >= 15 is 0 Å². The van der Waals surface area contributed by atoms with E-state index in [1.54, 1.807) is 17.0 Å². The van der Waals surface area contributed by atoms with Gasteiger partial charge in [-0.05, 0) is 60.2 Å². The number of carbonyl (C=O) groups is 2. The zero-order valence-corrected chi connectivity index (χ0v) is 19.6. The Hall–Kier alpha value is -4.11. The molecule has 0 saturated carbocycles. The molecule has 184 valence electrons. The Morgan fingerprint density at radius 3 is 2.58 bits per heavy atom. The van der Waals surface area contributed by atoms with E-state index in [1.807, 2.05) is 30.3 Å². The van der Waals surface area contributed by atoms with Crippen molar-refractivity contribution in [3.8, 4) is 0 Å². The number of rotatable bonds is 5. The first kappa shape index (κ1) is 23.6. The number of benzene rings is 2. The SMILES string of the molecule is O=C(OCC(=O)N1CCOCC1)c1c2c(nc3ccccc13)C(=Cc1ccc([N+](=O)[O-])cc1)CCC2. The van der Waals surface area contributed by atoms with Crippen LogP contribution in [0.25, 0.3) is 22.6 Å². The minimum atomic E-state index is -0.539. The van der Waals surface area contributed by atoms with E-state index in [2.05, 4.69) is 0 Å². The summed E-state index contributed by atoms with van der Waals surface area (Å²) in [4.78, 5) is 43.0. The number of allylic oxidation sites excluding steroid dienone is 1. The fourth-order valence-electron chi connectivity index (χ4n) is 4.71. The average Bonchev–Trinajstić information content (AvgIpc) is 2.91. The predicted octanol–water partition coefficient (Wildman–Crippen LogP) is 4.04. The number of fused-ring (bicyclic) bond motifs is 2. The largest absolute Gasteiger partial charge is 0.452 e. The van der Waals surface area contributed by atoms with E-state index in [0.717, 1.165) is 35.2 Å². The highest BCUT2D eigenvalue weighted by molar-refractivity contribution is 6.07. The molecule has 0 radical (unpaired) electrons. The van der Waals surface area contributed by atoms with Gasteiger partial charge in [-0.2, -0.15) is 0 Å². The number of para-hydroxylation sites is 1. The number of nitro groups is 1. The van der Waals surface area contributed by atoms with Crippen molar-refractivity contribution in [2.75, 3.05) is 32.9 Å². The summed E-state index contributed by atoms with van der Waals surface area (Å²) in [5, 5.41) is 11.7. The molecule has 2 aliphatic rings. The minimum Gasteiger partial charge on any atom is -0.452 e. The molecule has 5 rings (SSSR count). The Labute approximate surface area is 207 Å². The van der Waals surface area contributed by atoms with E-state index in [1.165, 1.54) is 12.1 Å². The number of ether oxygens (including phenoxy) is 2. The van der Waals surface area contributed by atoms with Crippen LogP contribution in [0.15, 0.2) is 48.5 Å². The number of nitro benzene ring substituents is 1. The lowest BCUT2D eigenvalue weighted by molar-refractivity contribution is -0.384. The maximum Gasteiger partial charge on any atom is 0.339 e. The Balaban J connectivity index is 1.48. The Morgan fingerprint density at radius 1 is 1.08 bits per heavy atom. The van der Waals surface area contributed by atoms with Gasteiger partial charge < -0.3 is 14.4 Å². The third kappa shape index (κ3) is 4.83. The van der Waals surface area contributed by atoms with Gasteiger partial charge in [0.2, 0.25) is 0 Å². The van der Waals surface area contributed by atoms with E-state index in [9.17, 15) is 19.7 Å². The molecule has 1 saturated heterocycles. The molecule has 0 atom stereocenters. The van der Waals surface area contributed by atoms with Gasteiger partial charge >= 0.3 is 5.97 Å². The van der Waals surface area contributed by atoms with Crippen LogP contribution in [-0.2, 0) is 20.7 Å². The molecule has 1 aliphatic carbocycles. The van der Waals surface area contributed by atoms with Crippen LogP contribution in [0.1, 0.15) is 40.0 Å². The number of non-ortho nitro benzene ring substituents is 1. The van der Waals surface area contributed by atoms with Crippen LogP contribution in [0.3, 0.4) is 0 Å². The molecule has 1 aliphatic heterocycles. The highest BCUT2D eigenvalue weighted by Crippen LogP contribution is 2.36. The Morgan fingerprint density at radius 2 is 1.83 bits per heavy atom. The Bertz CT molecular complexity index is 1360. The highest BCUT2D eigenvalue weighted by Gasteiger charge is 2.27. The summed E-state index contributed by atoms with van der Waals surface area (Å²) in [6, 6.07) is 13.8. The molecule has 9 heteroatoms. The molecule has 0 spiro atoms. The Kier molecular flexibility index (Phi) is 6.73. The van der Waals surface area contributed by atoms with E-state index in [-0.39, 0.29) is 18.2 Å². The molecule has 3 aromatic rings. The summed E-state index contributed by atoms with van der Waals surface area (Å²) in [6.45, 7) is 1.61. The van der Waals surface area contributed by atoms with Crippen molar-refractivity contribution in [2.45, 2.75) is 19.3 Å². The van der Waals surface area contributed by atoms with Crippen molar-refractivity contribution in [2.24, 2.45) is 0 Å². The maximum absolute atomic E-state index is 13.4. The van der Waals surface area contributed by atoms with Gasteiger partial charge in [0.05, 0.1) is 34.9 Å². The summed E-state index contributed by atoms with van der Waals surface area (Å²) < 4.78 is 10.8. The summed E-state index contributed by atoms with van der Waals surface area (Å²) in [5.41, 5.74) is 4.44. The van der Waals surface area contributed by atoms with Gasteiger partial charge in [0.1, 0.15) is 0 Å². The number of amides is 1. The van der Waals surface area contributed by atoms with Crippen LogP contribution in [0.2, 0.25) is 0 Å². The van der Waals surface area contributed by atoms with Crippen LogP contribution in [0.4, 0.5) is 5.69 Å². The zero-order valence-electron chi connectivity index (χ0n) is 19.6. The quantitative estimate of drug-likeness (QED) is 0.303. The van der Waals surface area contributed by atoms with Gasteiger partial charge in [-0.15, -0.1) is 0 Å². The number of morpholine rings is 1. The number of pyridine rings is 1. The number of hydrogen-bond acceptors (Lipinski definition) is 7. The molecule has 0 N–H and O–H groups in total. The zero-order chi connectivity index (χ0) is 25.1. The molecule has 9 nitrogen and oxygen atoms in total. The van der Waals surface area contributed by atoms with Gasteiger partial charge in [-0.3, -0.25) is 14.9 Å². The predicted molar refractivity (Wildman–Crippen MR) is 133 cm³/mol. The fraction of sp³-hybridized carbons (Fsp3) is 0.296. The molecule has 0 bridgehead atoms. The summed E-state index contributed by atoms with van der Waals surface area (Å²) in [6.07, 6.45) is 4.20. The van der Waals surface area contributed by atoms with Crippen LogP contribution >= 0.6 is 0 Å². The lowest BCUT2D eigenvalue weighted by Crippen LogP contribution is -2.42. The molecule has 36 heavy (non-hydrogen) atoms. The monoisotopic (exact) mass is 487 g/mol. The first-order valence-electron chi connectivity index (χ1n) is 11.9. The topological polar surface area (TPSA) is 112 Å². The second kappa shape index (κ2) is 10.2. The molecule has 2 aromatic carbocycles. The van der Waals surface area contributed by atoms with Gasteiger partial charge in [0, 0.05) is 30.6 Å². The molecule has 1 aromatic heterocycles. The van der Waals surface area contributed by atoms with Gasteiger partial charge in [-0.1, -0.05) is 18.2 Å². The molecule has 1 fully saturated rings. The summed E-state index contributed by atoms with van der Waals surface area (Å²) in [5.74, 6) is -0.777. The molecule has 2 heterocycles. The lowest BCUT2D eigenvalue weighted by Gasteiger charge is -2.27. The van der Waals surface area contributed by atoms with Crippen LogP contribution in [0, 0.1) is 10.1 Å². The number of carbonyl (C=O) groups excluding carboxylic acids is 2. The van der Waals surface area contributed by atoms with Gasteiger partial charge in [0.15, 0.2) is 6.61 Å². The second-order valence-electron chi connectivity index (χ2n) is 8.77. The van der Waals surface area contributed by atoms with Gasteiger partial charge in [0.25, 0.3) is 11.6 Å². The number of aromatic nitrogens is 1. The average molecular weight is 488 g/mol. The summed E-state index contributed by atoms with van der Waals surface area (Å²) >= 11 is 0. The van der Waals surface area contributed by atoms with E-state index in [0.29, 0.717) is 49.2 Å².